The van der Waals surface area contributed by atoms with Gasteiger partial charge >= 0.3 is 5.97 Å². The van der Waals surface area contributed by atoms with Crippen LogP contribution < -0.4 is 4.74 Å². The lowest BCUT2D eigenvalue weighted by Gasteiger charge is -2.32. The van der Waals surface area contributed by atoms with Crippen LogP contribution in [0.3, 0.4) is 0 Å². The number of carbonyl (C=O) groups is 2. The van der Waals surface area contributed by atoms with Gasteiger partial charge in [-0.1, -0.05) is 6.92 Å². The van der Waals surface area contributed by atoms with E-state index in [9.17, 15) is 14.7 Å². The number of carboxylic acid groups (broad SMARTS) is 1. The Morgan fingerprint density at radius 2 is 2.23 bits per heavy atom. The summed E-state index contributed by atoms with van der Waals surface area (Å²) in [6, 6.07) is 3.14. The third-order valence-electron chi connectivity index (χ3n) is 5.22. The average molecular weight is 304 g/mol. The Morgan fingerprint density at radius 1 is 1.45 bits per heavy atom. The molecule has 22 heavy (non-hydrogen) atoms. The summed E-state index contributed by atoms with van der Waals surface area (Å²) in [4.78, 5) is 30.4. The summed E-state index contributed by atoms with van der Waals surface area (Å²) in [5.41, 5.74) is -0.312. The number of aliphatic carboxylic acids is 1. The minimum absolute atomic E-state index is 0.0238. The molecule has 2 bridgehead atoms. The lowest BCUT2D eigenvalue weighted by Crippen LogP contribution is -2.44. The van der Waals surface area contributed by atoms with Gasteiger partial charge in [-0.3, -0.25) is 9.59 Å². The van der Waals surface area contributed by atoms with E-state index in [1.165, 1.54) is 13.3 Å². The molecule has 2 aliphatic heterocycles. The van der Waals surface area contributed by atoms with E-state index in [2.05, 4.69) is 4.98 Å². The molecule has 3 heterocycles. The van der Waals surface area contributed by atoms with Crippen molar-refractivity contribution in [2.24, 2.45) is 5.41 Å². The highest BCUT2D eigenvalue weighted by Crippen LogP contribution is 2.52. The van der Waals surface area contributed by atoms with Gasteiger partial charge in [0.15, 0.2) is 0 Å². The number of ether oxygens (including phenoxy) is 1. The number of methoxy groups -OCH3 is 1. The van der Waals surface area contributed by atoms with E-state index < -0.39 is 11.4 Å². The van der Waals surface area contributed by atoms with Crippen molar-refractivity contribution in [1.29, 1.82) is 0 Å². The second-order valence-electron chi connectivity index (χ2n) is 6.07. The highest BCUT2D eigenvalue weighted by Gasteiger charge is 2.60. The molecule has 6 heteroatoms. The molecule has 2 fully saturated rings. The molecular formula is C16H20N2O4. The lowest BCUT2D eigenvalue weighted by atomic mass is 9.72. The number of hydrogen-bond donors (Lipinski definition) is 1. The first kappa shape index (κ1) is 14.8. The summed E-state index contributed by atoms with van der Waals surface area (Å²) in [6.45, 7) is 1.90. The molecule has 0 radical (unpaired) electrons. The predicted molar refractivity (Wildman–Crippen MR) is 78.7 cm³/mol. The van der Waals surface area contributed by atoms with E-state index in [0.29, 0.717) is 24.3 Å². The Hall–Kier alpha value is -2.11. The molecule has 1 aromatic rings. The zero-order valence-electron chi connectivity index (χ0n) is 12.8. The van der Waals surface area contributed by atoms with E-state index >= 15 is 0 Å². The lowest BCUT2D eigenvalue weighted by molar-refractivity contribution is -0.151. The van der Waals surface area contributed by atoms with Crippen LogP contribution >= 0.6 is 0 Å². The largest absolute Gasteiger partial charge is 0.481 e. The zero-order valence-corrected chi connectivity index (χ0v) is 12.8. The number of fused-ring (bicyclic) bond motifs is 2. The van der Waals surface area contributed by atoms with Crippen LogP contribution in [0.5, 0.6) is 5.88 Å². The molecule has 1 amide bonds. The van der Waals surface area contributed by atoms with Gasteiger partial charge in [0.25, 0.3) is 5.91 Å². The van der Waals surface area contributed by atoms with Crippen molar-refractivity contribution in [3.05, 3.63) is 23.9 Å². The SMILES string of the molecule is CC[C@@]1(C(=O)O)C[C@@H]2CC[C@H]1N2C(=O)c1ccc(OC)nc1. The molecule has 1 N–H and O–H groups in total. The first-order valence-corrected chi connectivity index (χ1v) is 7.59. The molecule has 118 valence electrons. The highest BCUT2D eigenvalue weighted by molar-refractivity contribution is 5.95. The van der Waals surface area contributed by atoms with Crippen LogP contribution in [-0.4, -0.2) is 46.1 Å². The van der Waals surface area contributed by atoms with Crippen LogP contribution in [0.2, 0.25) is 0 Å². The molecule has 3 atom stereocenters. The van der Waals surface area contributed by atoms with Crippen LogP contribution in [0.25, 0.3) is 0 Å². The molecule has 0 saturated carbocycles. The molecule has 2 saturated heterocycles. The number of amides is 1. The Morgan fingerprint density at radius 3 is 2.73 bits per heavy atom. The summed E-state index contributed by atoms with van der Waals surface area (Å²) in [6.07, 6.45) is 4.25. The number of pyridine rings is 1. The van der Waals surface area contributed by atoms with Gasteiger partial charge in [0.1, 0.15) is 0 Å². The van der Waals surface area contributed by atoms with E-state index in [1.807, 2.05) is 6.92 Å². The molecule has 3 rings (SSSR count). The summed E-state index contributed by atoms with van der Waals surface area (Å²) in [5, 5.41) is 9.66. The van der Waals surface area contributed by atoms with Gasteiger partial charge in [-0.15, -0.1) is 0 Å². The molecule has 0 aromatic carbocycles. The van der Waals surface area contributed by atoms with Gasteiger partial charge in [-0.2, -0.15) is 0 Å². The third kappa shape index (κ3) is 1.97. The van der Waals surface area contributed by atoms with E-state index in [-0.39, 0.29) is 18.0 Å². The summed E-state index contributed by atoms with van der Waals surface area (Å²) < 4.78 is 5.00. The van der Waals surface area contributed by atoms with Gasteiger partial charge in [0.2, 0.25) is 5.88 Å². The fraction of sp³-hybridized carbons (Fsp3) is 0.562. The molecule has 0 aliphatic carbocycles. The molecule has 0 spiro atoms. The van der Waals surface area contributed by atoms with Crippen LogP contribution in [0, 0.1) is 5.41 Å². The fourth-order valence-corrected chi connectivity index (χ4v) is 4.03. The molecule has 0 unspecified atom stereocenters. The van der Waals surface area contributed by atoms with Crippen LogP contribution in [0.1, 0.15) is 43.0 Å². The quantitative estimate of drug-likeness (QED) is 0.919. The fourth-order valence-electron chi connectivity index (χ4n) is 4.03. The maximum absolute atomic E-state index is 12.8. The second-order valence-corrected chi connectivity index (χ2v) is 6.07. The summed E-state index contributed by atoms with van der Waals surface area (Å²) >= 11 is 0. The third-order valence-corrected chi connectivity index (χ3v) is 5.22. The second kappa shape index (κ2) is 5.26. The van der Waals surface area contributed by atoms with Gasteiger partial charge in [-0.25, -0.2) is 4.98 Å². The smallest absolute Gasteiger partial charge is 0.311 e. The number of carbonyl (C=O) groups excluding carboxylic acids is 1. The van der Waals surface area contributed by atoms with Gasteiger partial charge in [0, 0.05) is 24.3 Å². The molecule has 6 nitrogen and oxygen atoms in total. The Labute approximate surface area is 129 Å². The number of nitrogens with zero attached hydrogens (tertiary/aromatic N) is 2. The standard InChI is InChI=1S/C16H20N2O4/c1-3-16(15(20)21)8-11-5-6-12(16)18(11)14(19)10-4-7-13(22-2)17-9-10/h4,7,9,11-12H,3,5-6,8H2,1-2H3,(H,20,21)/t11-,12+,16+/m0/s1. The Bertz CT molecular complexity index is 601. The first-order chi connectivity index (χ1) is 10.5. The van der Waals surface area contributed by atoms with E-state index in [0.717, 1.165) is 12.8 Å². The van der Waals surface area contributed by atoms with Crippen molar-refractivity contribution in [2.45, 2.75) is 44.7 Å². The zero-order chi connectivity index (χ0) is 15.9. The Balaban J connectivity index is 1.89. The van der Waals surface area contributed by atoms with Gasteiger partial charge < -0.3 is 14.7 Å². The van der Waals surface area contributed by atoms with E-state index in [1.54, 1.807) is 17.0 Å². The average Bonchev–Trinajstić information content (AvgIpc) is 3.10. The van der Waals surface area contributed by atoms with Crippen LogP contribution in [0.4, 0.5) is 0 Å². The van der Waals surface area contributed by atoms with Crippen molar-refractivity contribution < 1.29 is 19.4 Å². The van der Waals surface area contributed by atoms with Crippen molar-refractivity contribution >= 4 is 11.9 Å². The monoisotopic (exact) mass is 304 g/mol. The molecule has 2 aliphatic rings. The van der Waals surface area contributed by atoms with Gasteiger partial charge in [0.05, 0.1) is 18.1 Å². The summed E-state index contributed by atoms with van der Waals surface area (Å²) in [7, 11) is 1.52. The van der Waals surface area contributed by atoms with Gasteiger partial charge in [-0.05, 0) is 31.7 Å². The number of hydrogen-bond acceptors (Lipinski definition) is 4. The van der Waals surface area contributed by atoms with Crippen molar-refractivity contribution in [3.8, 4) is 5.88 Å². The maximum Gasteiger partial charge on any atom is 0.311 e. The number of aromatic nitrogens is 1. The van der Waals surface area contributed by atoms with E-state index in [4.69, 9.17) is 4.74 Å². The van der Waals surface area contributed by atoms with Crippen molar-refractivity contribution in [2.75, 3.05) is 7.11 Å². The van der Waals surface area contributed by atoms with Crippen LogP contribution in [-0.2, 0) is 4.79 Å². The number of carboxylic acids is 1. The number of rotatable bonds is 4. The topological polar surface area (TPSA) is 79.7 Å². The molecule has 1 aromatic heterocycles. The van der Waals surface area contributed by atoms with Crippen LogP contribution in [0.15, 0.2) is 18.3 Å². The molecular weight excluding hydrogens is 284 g/mol. The highest BCUT2D eigenvalue weighted by atomic mass is 16.5. The first-order valence-electron chi connectivity index (χ1n) is 7.59. The van der Waals surface area contributed by atoms with Crippen molar-refractivity contribution in [3.63, 3.8) is 0 Å². The summed E-state index contributed by atoms with van der Waals surface area (Å²) in [5.74, 6) is -0.457. The Kier molecular flexibility index (Phi) is 3.54. The normalized spacial score (nSPS) is 29.6. The maximum atomic E-state index is 12.8. The van der Waals surface area contributed by atoms with Crippen molar-refractivity contribution in [1.82, 2.24) is 9.88 Å². The minimum atomic E-state index is -0.793. The minimum Gasteiger partial charge on any atom is -0.481 e. The predicted octanol–water partition coefficient (Wildman–Crippen LogP) is 1.95.